The van der Waals surface area contributed by atoms with Crippen LogP contribution < -0.4 is 5.32 Å². The van der Waals surface area contributed by atoms with Crippen LogP contribution in [0.1, 0.15) is 6.92 Å². The van der Waals surface area contributed by atoms with Crippen molar-refractivity contribution in [1.82, 2.24) is 0 Å². The number of esters is 1. The Balaban J connectivity index is 2.83. The van der Waals surface area contributed by atoms with Crippen molar-refractivity contribution < 1.29 is 9.53 Å². The molecule has 0 amide bonds. The van der Waals surface area contributed by atoms with E-state index in [1.54, 1.807) is 31.2 Å². The minimum atomic E-state index is -0.680. The number of hydrogen-bond donors (Lipinski definition) is 1. The molecule has 1 aromatic carbocycles. The molecule has 94 valence electrons. The number of carbonyl (C=O) groups is 1. The van der Waals surface area contributed by atoms with Crippen LogP contribution in [-0.2, 0) is 9.53 Å². The topological polar surface area (TPSA) is 62.1 Å². The Kier molecular flexibility index (Phi) is 5.50. The predicted octanol–water partition coefficient (Wildman–Crippen LogP) is 3.38. The van der Waals surface area contributed by atoms with Gasteiger partial charge in [-0.3, -0.25) is 0 Å². The molecule has 4 nitrogen and oxygen atoms in total. The first-order valence-corrected chi connectivity index (χ1v) is 5.82. The Labute approximate surface area is 115 Å². The molecule has 0 unspecified atom stereocenters. The van der Waals surface area contributed by atoms with Crippen LogP contribution in [0.2, 0.25) is 10.0 Å². The molecule has 1 N–H and O–H groups in total. The first kappa shape index (κ1) is 14.4. The monoisotopic (exact) mass is 284 g/mol. The lowest BCUT2D eigenvalue weighted by molar-refractivity contribution is -0.138. The predicted molar refractivity (Wildman–Crippen MR) is 70.4 cm³/mol. The second kappa shape index (κ2) is 6.90. The molecule has 0 saturated heterocycles. The van der Waals surface area contributed by atoms with Gasteiger partial charge in [-0.2, -0.15) is 5.26 Å². The highest BCUT2D eigenvalue weighted by molar-refractivity contribution is 6.35. The Morgan fingerprint density at radius 3 is 2.56 bits per heavy atom. The third-order valence-corrected chi connectivity index (χ3v) is 2.30. The molecule has 0 aromatic heterocycles. The van der Waals surface area contributed by atoms with Crippen LogP contribution in [-0.4, -0.2) is 12.6 Å². The van der Waals surface area contributed by atoms with E-state index >= 15 is 0 Å². The number of benzene rings is 1. The summed E-state index contributed by atoms with van der Waals surface area (Å²) < 4.78 is 4.71. The van der Waals surface area contributed by atoms with Gasteiger partial charge in [-0.15, -0.1) is 0 Å². The summed E-state index contributed by atoms with van der Waals surface area (Å²) in [5.74, 6) is -0.680. The minimum Gasteiger partial charge on any atom is -0.462 e. The van der Waals surface area contributed by atoms with Crippen LogP contribution in [0.15, 0.2) is 30.0 Å². The molecular formula is C12H10Cl2N2O2. The van der Waals surface area contributed by atoms with E-state index in [-0.39, 0.29) is 12.2 Å². The van der Waals surface area contributed by atoms with Crippen LogP contribution in [0, 0.1) is 11.3 Å². The number of nitrogens with zero attached hydrogens (tertiary/aromatic N) is 1. The summed E-state index contributed by atoms with van der Waals surface area (Å²) in [5.41, 5.74) is 0.442. The van der Waals surface area contributed by atoms with E-state index in [0.29, 0.717) is 15.7 Å². The lowest BCUT2D eigenvalue weighted by Crippen LogP contribution is -2.07. The molecule has 0 atom stereocenters. The Morgan fingerprint density at radius 2 is 2.06 bits per heavy atom. The minimum absolute atomic E-state index is 0.132. The second-order valence-electron chi connectivity index (χ2n) is 3.19. The van der Waals surface area contributed by atoms with Crippen molar-refractivity contribution in [3.05, 3.63) is 40.0 Å². The third-order valence-electron chi connectivity index (χ3n) is 1.86. The molecule has 6 heteroatoms. The summed E-state index contributed by atoms with van der Waals surface area (Å²) in [4.78, 5) is 11.3. The Bertz CT molecular complexity index is 501. The van der Waals surface area contributed by atoms with Crippen LogP contribution >= 0.6 is 23.2 Å². The van der Waals surface area contributed by atoms with Crippen molar-refractivity contribution in [2.45, 2.75) is 6.92 Å². The highest BCUT2D eigenvalue weighted by Crippen LogP contribution is 2.22. The summed E-state index contributed by atoms with van der Waals surface area (Å²) >= 11 is 11.6. The van der Waals surface area contributed by atoms with E-state index in [1.165, 1.54) is 6.20 Å². The van der Waals surface area contributed by atoms with Gasteiger partial charge < -0.3 is 10.1 Å². The lowest BCUT2D eigenvalue weighted by Gasteiger charge is -2.04. The standard InChI is InChI=1S/C12H10Cl2N2O2/c1-2-18-12(17)8(6-15)7-16-11-4-9(13)3-10(14)5-11/h3-5,7,16H,2H2,1H3. The fraction of sp³-hybridized carbons (Fsp3) is 0.167. The molecule has 18 heavy (non-hydrogen) atoms. The van der Waals surface area contributed by atoms with Gasteiger partial charge in [-0.05, 0) is 25.1 Å². The van der Waals surface area contributed by atoms with Gasteiger partial charge in [0, 0.05) is 21.9 Å². The number of halogens is 2. The van der Waals surface area contributed by atoms with Gasteiger partial charge in [-0.25, -0.2) is 4.79 Å². The smallest absolute Gasteiger partial charge is 0.350 e. The maximum Gasteiger partial charge on any atom is 0.350 e. The van der Waals surface area contributed by atoms with Crippen molar-refractivity contribution in [2.75, 3.05) is 11.9 Å². The van der Waals surface area contributed by atoms with Crippen LogP contribution in [0.3, 0.4) is 0 Å². The average molecular weight is 285 g/mol. The Hall–Kier alpha value is -1.70. The van der Waals surface area contributed by atoms with E-state index in [4.69, 9.17) is 33.2 Å². The van der Waals surface area contributed by atoms with Gasteiger partial charge in [0.1, 0.15) is 6.07 Å². The van der Waals surface area contributed by atoms with Crippen molar-refractivity contribution in [1.29, 1.82) is 5.26 Å². The van der Waals surface area contributed by atoms with Crippen molar-refractivity contribution in [3.63, 3.8) is 0 Å². The molecule has 0 aliphatic heterocycles. The zero-order valence-electron chi connectivity index (χ0n) is 9.54. The fourth-order valence-corrected chi connectivity index (χ4v) is 1.66. The van der Waals surface area contributed by atoms with Gasteiger partial charge in [-0.1, -0.05) is 23.2 Å². The van der Waals surface area contributed by atoms with Crippen LogP contribution in [0.25, 0.3) is 0 Å². The number of anilines is 1. The summed E-state index contributed by atoms with van der Waals surface area (Å²) in [6.07, 6.45) is 1.25. The molecule has 0 spiro atoms. The summed E-state index contributed by atoms with van der Waals surface area (Å²) in [6, 6.07) is 6.55. The van der Waals surface area contributed by atoms with Gasteiger partial charge in [0.25, 0.3) is 0 Å². The summed E-state index contributed by atoms with van der Waals surface area (Å²) in [7, 11) is 0. The number of nitrogens with one attached hydrogen (secondary N) is 1. The van der Waals surface area contributed by atoms with Crippen molar-refractivity contribution in [2.24, 2.45) is 0 Å². The van der Waals surface area contributed by atoms with Gasteiger partial charge in [0.15, 0.2) is 5.57 Å². The van der Waals surface area contributed by atoms with Crippen LogP contribution in [0.4, 0.5) is 5.69 Å². The summed E-state index contributed by atoms with van der Waals surface area (Å²) in [6.45, 7) is 1.87. The molecule has 0 aliphatic rings. The molecule has 0 fully saturated rings. The third kappa shape index (κ3) is 4.28. The number of rotatable bonds is 4. The molecule has 0 aliphatic carbocycles. The summed E-state index contributed by atoms with van der Waals surface area (Å²) in [5, 5.41) is 12.5. The molecule has 1 aromatic rings. The maximum atomic E-state index is 11.3. The largest absolute Gasteiger partial charge is 0.462 e. The number of carbonyl (C=O) groups excluding carboxylic acids is 1. The first-order chi connectivity index (χ1) is 8.56. The second-order valence-corrected chi connectivity index (χ2v) is 4.07. The van der Waals surface area contributed by atoms with E-state index in [0.717, 1.165) is 0 Å². The van der Waals surface area contributed by atoms with Gasteiger partial charge in [0.2, 0.25) is 0 Å². The maximum absolute atomic E-state index is 11.3. The average Bonchev–Trinajstić information content (AvgIpc) is 2.29. The van der Waals surface area contributed by atoms with Gasteiger partial charge >= 0.3 is 5.97 Å². The normalized spacial score (nSPS) is 10.7. The number of hydrogen-bond acceptors (Lipinski definition) is 4. The number of ether oxygens (including phenoxy) is 1. The van der Waals surface area contributed by atoms with E-state index in [1.807, 2.05) is 0 Å². The zero-order valence-corrected chi connectivity index (χ0v) is 11.0. The molecule has 0 saturated carbocycles. The van der Waals surface area contributed by atoms with Crippen LogP contribution in [0.5, 0.6) is 0 Å². The first-order valence-electron chi connectivity index (χ1n) is 5.07. The quantitative estimate of drug-likeness (QED) is 0.523. The van der Waals surface area contributed by atoms with Gasteiger partial charge in [0.05, 0.1) is 6.61 Å². The molecule has 0 radical (unpaired) electrons. The SMILES string of the molecule is CCOC(=O)C(C#N)=CNc1cc(Cl)cc(Cl)c1. The number of nitriles is 1. The lowest BCUT2D eigenvalue weighted by atomic mass is 10.3. The van der Waals surface area contributed by atoms with Crippen molar-refractivity contribution >= 4 is 34.9 Å². The zero-order chi connectivity index (χ0) is 13.5. The van der Waals surface area contributed by atoms with E-state index in [9.17, 15) is 4.79 Å². The molecule has 0 bridgehead atoms. The molecular weight excluding hydrogens is 275 g/mol. The highest BCUT2D eigenvalue weighted by Gasteiger charge is 2.09. The Morgan fingerprint density at radius 1 is 1.44 bits per heavy atom. The molecule has 1 rings (SSSR count). The molecule has 0 heterocycles. The van der Waals surface area contributed by atoms with E-state index in [2.05, 4.69) is 5.32 Å². The van der Waals surface area contributed by atoms with E-state index < -0.39 is 5.97 Å². The fourth-order valence-electron chi connectivity index (χ4n) is 1.14. The van der Waals surface area contributed by atoms with Crippen molar-refractivity contribution in [3.8, 4) is 6.07 Å². The highest BCUT2D eigenvalue weighted by atomic mass is 35.5.